The lowest BCUT2D eigenvalue weighted by atomic mass is 10.1. The van der Waals surface area contributed by atoms with Crippen LogP contribution in [-0.2, 0) is 10.8 Å². The quantitative estimate of drug-likeness (QED) is 0.343. The molecule has 0 saturated carbocycles. The Morgan fingerprint density at radius 2 is 1.78 bits per heavy atom. The lowest BCUT2D eigenvalue weighted by Gasteiger charge is -2.27. The number of imidazole rings is 1. The van der Waals surface area contributed by atoms with Crippen LogP contribution in [0, 0.1) is 6.92 Å². The molecule has 2 aromatic heterocycles. The largest absolute Gasteiger partial charge is 0.495 e. The third-order valence-corrected chi connectivity index (χ3v) is 5.15. The topological polar surface area (TPSA) is 78.1 Å². The van der Waals surface area contributed by atoms with Crippen LogP contribution in [0.5, 0.6) is 5.75 Å². The fourth-order valence-electron chi connectivity index (χ4n) is 3.46. The van der Waals surface area contributed by atoms with Crippen LogP contribution in [0.3, 0.4) is 0 Å². The van der Waals surface area contributed by atoms with Crippen molar-refractivity contribution in [3.63, 3.8) is 0 Å². The maximum atomic E-state index is 15.1. The Morgan fingerprint density at radius 1 is 1.06 bits per heavy atom. The molecular formula is C23H19F5N6O2. The second-order valence-electron chi connectivity index (χ2n) is 7.74. The molecular weight excluding hydrogens is 487 g/mol. The number of hydrogen-bond donors (Lipinski definition) is 0. The minimum absolute atomic E-state index is 0.0354. The molecule has 1 amide bonds. The molecule has 0 unspecified atom stereocenters. The number of aromatic nitrogens is 5. The van der Waals surface area contributed by atoms with E-state index in [2.05, 4.69) is 15.3 Å². The molecule has 0 spiro atoms. The molecule has 0 aliphatic heterocycles. The molecule has 0 radical (unpaired) electrons. The monoisotopic (exact) mass is 506 g/mol. The van der Waals surface area contributed by atoms with E-state index in [4.69, 9.17) is 4.74 Å². The van der Waals surface area contributed by atoms with Gasteiger partial charge in [0.15, 0.2) is 0 Å². The zero-order valence-electron chi connectivity index (χ0n) is 18.9. The first-order valence-electron chi connectivity index (χ1n) is 10.4. The van der Waals surface area contributed by atoms with Crippen LogP contribution in [0.25, 0.3) is 16.9 Å². The first-order chi connectivity index (χ1) is 17.0. The lowest BCUT2D eigenvalue weighted by Crippen LogP contribution is -2.49. The molecule has 36 heavy (non-hydrogen) atoms. The first kappa shape index (κ1) is 24.8. The summed E-state index contributed by atoms with van der Waals surface area (Å²) in [5.74, 6) is -1.73. The number of rotatable bonds is 7. The highest BCUT2D eigenvalue weighted by Gasteiger charge is 2.48. The SMILES string of the molecule is COc1cc(-c2cn(C(F)(F)C(=O)N(CC(F)(F)F)c3ccccc3)nn2)ccc1-n1cnc(C)c1. The minimum atomic E-state index is -4.92. The number of carbonyl (C=O) groups is 1. The van der Waals surface area contributed by atoms with Gasteiger partial charge in [0.2, 0.25) is 0 Å². The zero-order chi connectivity index (χ0) is 26.1. The molecule has 0 aliphatic carbocycles. The summed E-state index contributed by atoms with van der Waals surface area (Å²) in [4.78, 5) is 16.8. The summed E-state index contributed by atoms with van der Waals surface area (Å²) in [5, 5.41) is 7.02. The number of alkyl halides is 5. The molecule has 0 saturated heterocycles. The number of nitrogens with zero attached hydrogens (tertiary/aromatic N) is 6. The third-order valence-electron chi connectivity index (χ3n) is 5.15. The molecule has 0 aliphatic rings. The van der Waals surface area contributed by atoms with Crippen molar-refractivity contribution in [2.45, 2.75) is 19.1 Å². The molecule has 8 nitrogen and oxygen atoms in total. The van der Waals surface area contributed by atoms with Crippen molar-refractivity contribution < 1.29 is 31.5 Å². The summed E-state index contributed by atoms with van der Waals surface area (Å²) in [6.45, 7) is -0.0931. The summed E-state index contributed by atoms with van der Waals surface area (Å²) < 4.78 is 76.5. The van der Waals surface area contributed by atoms with E-state index in [0.29, 0.717) is 17.0 Å². The number of amides is 1. The highest BCUT2D eigenvalue weighted by atomic mass is 19.4. The number of methoxy groups -OCH3 is 1. The van der Waals surface area contributed by atoms with E-state index < -0.39 is 24.7 Å². The minimum Gasteiger partial charge on any atom is -0.495 e. The summed E-state index contributed by atoms with van der Waals surface area (Å²) in [6, 6.07) is 6.70. The number of hydrogen-bond acceptors (Lipinski definition) is 5. The molecule has 13 heteroatoms. The van der Waals surface area contributed by atoms with Crippen molar-refractivity contribution in [1.82, 2.24) is 24.5 Å². The summed E-state index contributed by atoms with van der Waals surface area (Å²) >= 11 is 0. The molecule has 4 rings (SSSR count). The van der Waals surface area contributed by atoms with Crippen LogP contribution in [0.4, 0.5) is 27.6 Å². The third kappa shape index (κ3) is 5.04. The van der Waals surface area contributed by atoms with E-state index in [9.17, 15) is 18.0 Å². The number of para-hydroxylation sites is 1. The van der Waals surface area contributed by atoms with Crippen molar-refractivity contribution in [2.75, 3.05) is 18.6 Å². The Labute approximate surface area is 201 Å². The molecule has 4 aromatic rings. The second-order valence-corrected chi connectivity index (χ2v) is 7.74. The standard InChI is InChI=1S/C23H19F5N6O2/c1-15-11-32(14-29-15)19-9-8-16(10-20(19)36-2)18-12-34(31-30-18)23(27,28)21(35)33(13-22(24,25)26)17-6-4-3-5-7-17/h3-12,14H,13H2,1-2H3. The number of halogens is 5. The van der Waals surface area contributed by atoms with Crippen molar-refractivity contribution in [3.8, 4) is 22.7 Å². The Bertz CT molecular complexity index is 1370. The van der Waals surface area contributed by atoms with Crippen LogP contribution in [-0.4, -0.2) is 50.3 Å². The molecule has 0 bridgehead atoms. The van der Waals surface area contributed by atoms with E-state index in [1.165, 1.54) is 31.4 Å². The normalized spacial score (nSPS) is 12.0. The summed E-state index contributed by atoms with van der Waals surface area (Å²) in [7, 11) is 1.43. The Balaban J connectivity index is 1.65. The van der Waals surface area contributed by atoms with Gasteiger partial charge in [-0.15, -0.1) is 5.10 Å². The van der Waals surface area contributed by atoms with Gasteiger partial charge in [-0.3, -0.25) is 9.69 Å². The Kier molecular flexibility index (Phi) is 6.48. The highest BCUT2D eigenvalue weighted by Crippen LogP contribution is 2.32. The number of ether oxygens (including phenoxy) is 1. The fourth-order valence-corrected chi connectivity index (χ4v) is 3.46. The van der Waals surface area contributed by atoms with Crippen molar-refractivity contribution in [3.05, 3.63) is 72.9 Å². The lowest BCUT2D eigenvalue weighted by molar-refractivity contribution is -0.165. The Morgan fingerprint density at radius 3 is 2.39 bits per heavy atom. The second kappa shape index (κ2) is 9.40. The maximum Gasteiger partial charge on any atom is 0.424 e. The van der Waals surface area contributed by atoms with E-state index in [1.54, 1.807) is 29.2 Å². The van der Waals surface area contributed by atoms with Gasteiger partial charge in [0.25, 0.3) is 0 Å². The molecule has 2 aromatic carbocycles. The maximum absolute atomic E-state index is 15.1. The zero-order valence-corrected chi connectivity index (χ0v) is 18.9. The van der Waals surface area contributed by atoms with Gasteiger partial charge in [-0.1, -0.05) is 29.5 Å². The molecule has 0 N–H and O–H groups in total. The number of anilines is 1. The van der Waals surface area contributed by atoms with Crippen molar-refractivity contribution in [1.29, 1.82) is 0 Å². The smallest absolute Gasteiger partial charge is 0.424 e. The van der Waals surface area contributed by atoms with Gasteiger partial charge in [-0.25, -0.2) is 4.98 Å². The van der Waals surface area contributed by atoms with E-state index in [0.717, 1.165) is 24.0 Å². The highest BCUT2D eigenvalue weighted by molar-refractivity contribution is 5.97. The van der Waals surface area contributed by atoms with Crippen LogP contribution < -0.4 is 9.64 Å². The molecule has 188 valence electrons. The first-order valence-corrected chi connectivity index (χ1v) is 10.4. The van der Waals surface area contributed by atoms with Gasteiger partial charge in [-0.2, -0.15) is 26.6 Å². The molecule has 0 atom stereocenters. The average Bonchev–Trinajstić information content (AvgIpc) is 3.51. The van der Waals surface area contributed by atoms with Gasteiger partial charge >= 0.3 is 18.1 Å². The predicted octanol–water partition coefficient (Wildman–Crippen LogP) is 4.59. The predicted molar refractivity (Wildman–Crippen MR) is 119 cm³/mol. The average molecular weight is 506 g/mol. The van der Waals surface area contributed by atoms with Gasteiger partial charge in [-0.05, 0) is 31.2 Å². The fraction of sp³-hybridized carbons (Fsp3) is 0.217. The number of carbonyl (C=O) groups excluding carboxylic acids is 1. The van der Waals surface area contributed by atoms with Gasteiger partial charge < -0.3 is 9.30 Å². The Hall–Kier alpha value is -4.29. The summed E-state index contributed by atoms with van der Waals surface area (Å²) in [6.07, 6.45) is -0.792. The number of aryl methyl sites for hydroxylation is 1. The van der Waals surface area contributed by atoms with Gasteiger partial charge in [0.05, 0.1) is 31.0 Å². The van der Waals surface area contributed by atoms with Crippen LogP contribution in [0.15, 0.2) is 67.3 Å². The van der Waals surface area contributed by atoms with Crippen LogP contribution in [0.2, 0.25) is 0 Å². The summed E-state index contributed by atoms with van der Waals surface area (Å²) in [5.41, 5.74) is 1.34. The van der Waals surface area contributed by atoms with Crippen molar-refractivity contribution >= 4 is 11.6 Å². The van der Waals surface area contributed by atoms with Crippen LogP contribution in [0.1, 0.15) is 5.69 Å². The molecule has 0 fully saturated rings. The van der Waals surface area contributed by atoms with Gasteiger partial charge in [0, 0.05) is 17.4 Å². The molecule has 2 heterocycles. The van der Waals surface area contributed by atoms with E-state index >= 15 is 8.78 Å². The van der Waals surface area contributed by atoms with Gasteiger partial charge in [0.1, 0.15) is 18.0 Å². The van der Waals surface area contributed by atoms with E-state index in [1.807, 2.05) is 6.92 Å². The van der Waals surface area contributed by atoms with Crippen LogP contribution >= 0.6 is 0 Å². The number of benzene rings is 2. The van der Waals surface area contributed by atoms with E-state index in [-0.39, 0.29) is 21.0 Å². The van der Waals surface area contributed by atoms with Crippen molar-refractivity contribution in [2.24, 2.45) is 0 Å².